The van der Waals surface area contributed by atoms with Crippen molar-refractivity contribution in [1.29, 1.82) is 0 Å². The monoisotopic (exact) mass is 193 g/mol. The molecule has 0 fully saturated rings. The van der Waals surface area contributed by atoms with Crippen molar-refractivity contribution >= 4 is 0 Å². The van der Waals surface area contributed by atoms with Gasteiger partial charge in [-0.2, -0.15) is 0 Å². The van der Waals surface area contributed by atoms with Crippen LogP contribution in [-0.2, 0) is 0 Å². The second-order valence-corrected chi connectivity index (χ2v) is 3.55. The summed E-state index contributed by atoms with van der Waals surface area (Å²) in [7, 11) is 0. The third-order valence-electron chi connectivity index (χ3n) is 2.37. The van der Waals surface area contributed by atoms with Crippen molar-refractivity contribution in [1.82, 2.24) is 0 Å². The van der Waals surface area contributed by atoms with Crippen molar-refractivity contribution in [2.24, 2.45) is 0 Å². The molecule has 0 spiro atoms. The molecule has 0 heteroatoms. The lowest BCUT2D eigenvalue weighted by Gasteiger charge is -2.05. The molecule has 0 aliphatic heterocycles. The van der Waals surface area contributed by atoms with E-state index in [1.54, 1.807) is 0 Å². The van der Waals surface area contributed by atoms with Crippen LogP contribution in [0.15, 0.2) is 53.6 Å². The largest absolute Gasteiger partial charge is 0.0836 e. The minimum atomic E-state index is 0.996. The molecule has 15 heavy (non-hydrogen) atoms. The van der Waals surface area contributed by atoms with Crippen LogP contribution in [0.5, 0.6) is 0 Å². The van der Waals surface area contributed by atoms with Gasteiger partial charge in [0.15, 0.2) is 0 Å². The molecule has 1 radical (unpaired) electrons. The van der Waals surface area contributed by atoms with E-state index in [4.69, 9.17) is 0 Å². The van der Waals surface area contributed by atoms with E-state index in [0.717, 1.165) is 17.6 Å². The Bertz CT molecular complexity index is 450. The van der Waals surface area contributed by atoms with E-state index in [1.807, 2.05) is 30.3 Å². The molecule has 2 rings (SSSR count). The highest BCUT2D eigenvalue weighted by molar-refractivity contribution is 5.49. The summed E-state index contributed by atoms with van der Waals surface area (Å²) < 4.78 is 0. The van der Waals surface area contributed by atoms with Crippen LogP contribution in [0.1, 0.15) is 18.9 Å². The van der Waals surface area contributed by atoms with Crippen LogP contribution in [0.4, 0.5) is 0 Å². The lowest BCUT2D eigenvalue weighted by Crippen LogP contribution is -1.90. The number of rotatable bonds is 0. The highest BCUT2D eigenvalue weighted by atomic mass is 14.0. The van der Waals surface area contributed by atoms with E-state index in [9.17, 15) is 0 Å². The topological polar surface area (TPSA) is 0 Å². The fraction of sp³-hybridized carbons (Fsp3) is 0.133. The number of benzene rings is 1. The third-order valence-corrected chi connectivity index (χ3v) is 2.37. The van der Waals surface area contributed by atoms with Gasteiger partial charge in [0.25, 0.3) is 0 Å². The molecule has 0 saturated heterocycles. The van der Waals surface area contributed by atoms with Gasteiger partial charge in [-0.15, -0.1) is 0 Å². The lowest BCUT2D eigenvalue weighted by molar-refractivity contribution is 1.19. The molecular weight excluding hydrogens is 180 g/mol. The number of allylic oxidation sites excluding steroid dienone is 4. The van der Waals surface area contributed by atoms with Crippen LogP contribution >= 0.6 is 0 Å². The maximum atomic E-state index is 3.21. The second-order valence-electron chi connectivity index (χ2n) is 3.55. The van der Waals surface area contributed by atoms with E-state index < -0.39 is 0 Å². The first-order valence-corrected chi connectivity index (χ1v) is 5.14. The first kappa shape index (κ1) is 9.80. The van der Waals surface area contributed by atoms with Gasteiger partial charge in [-0.1, -0.05) is 42.2 Å². The van der Waals surface area contributed by atoms with Crippen molar-refractivity contribution in [2.45, 2.75) is 13.3 Å². The van der Waals surface area contributed by atoms with Gasteiger partial charge >= 0.3 is 0 Å². The molecule has 0 N–H and O–H groups in total. The van der Waals surface area contributed by atoms with Gasteiger partial charge in [-0.3, -0.25) is 0 Å². The normalized spacial score (nSPS) is 14.7. The van der Waals surface area contributed by atoms with E-state index in [0.29, 0.717) is 0 Å². The zero-order valence-corrected chi connectivity index (χ0v) is 8.83. The van der Waals surface area contributed by atoms with Gasteiger partial charge in [0.1, 0.15) is 0 Å². The van der Waals surface area contributed by atoms with Crippen LogP contribution in [0.25, 0.3) is 0 Å². The molecule has 1 aliphatic rings. The van der Waals surface area contributed by atoms with E-state index in [-0.39, 0.29) is 0 Å². The van der Waals surface area contributed by atoms with Crippen LogP contribution in [0.3, 0.4) is 0 Å². The van der Waals surface area contributed by atoms with E-state index in [2.05, 4.69) is 37.3 Å². The van der Waals surface area contributed by atoms with Crippen molar-refractivity contribution in [3.63, 3.8) is 0 Å². The molecule has 0 atom stereocenters. The average Bonchev–Trinajstić information content (AvgIpc) is 2.29. The fourth-order valence-corrected chi connectivity index (χ4v) is 1.49. The molecule has 73 valence electrons. The Morgan fingerprint density at radius 3 is 2.60 bits per heavy atom. The maximum absolute atomic E-state index is 3.21. The molecule has 0 unspecified atom stereocenters. The highest BCUT2D eigenvalue weighted by Gasteiger charge is 2.01. The maximum Gasteiger partial charge on any atom is 0.0248 e. The zero-order valence-electron chi connectivity index (χ0n) is 8.83. The average molecular weight is 193 g/mol. The van der Waals surface area contributed by atoms with Gasteiger partial charge in [-0.05, 0) is 31.1 Å². The molecule has 1 aromatic carbocycles. The Balaban J connectivity index is 2.22. The molecule has 0 saturated carbocycles. The Morgan fingerprint density at radius 1 is 1.07 bits per heavy atom. The summed E-state index contributed by atoms with van der Waals surface area (Å²) in [5.74, 6) is 6.38. The predicted octanol–water partition coefficient (Wildman–Crippen LogP) is 3.52. The smallest absolute Gasteiger partial charge is 0.0248 e. The van der Waals surface area contributed by atoms with Crippen molar-refractivity contribution in [3.05, 3.63) is 65.6 Å². The predicted molar refractivity (Wildman–Crippen MR) is 64.1 cm³/mol. The van der Waals surface area contributed by atoms with Gasteiger partial charge in [0.2, 0.25) is 0 Å². The molecule has 1 aliphatic carbocycles. The summed E-state index contributed by atoms with van der Waals surface area (Å²) in [6.07, 6.45) is 7.46. The summed E-state index contributed by atoms with van der Waals surface area (Å²) in [4.78, 5) is 0. The Morgan fingerprint density at radius 2 is 1.87 bits per heavy atom. The number of hydrogen-bond acceptors (Lipinski definition) is 0. The molecule has 0 bridgehead atoms. The Labute approximate surface area is 91.3 Å². The summed E-state index contributed by atoms with van der Waals surface area (Å²) in [5.41, 5.74) is 3.48. The highest BCUT2D eigenvalue weighted by Crippen LogP contribution is 2.16. The molecule has 0 amide bonds. The van der Waals surface area contributed by atoms with Gasteiger partial charge in [0, 0.05) is 17.6 Å². The van der Waals surface area contributed by atoms with Crippen molar-refractivity contribution in [3.8, 4) is 11.8 Å². The van der Waals surface area contributed by atoms with E-state index in [1.165, 1.54) is 5.57 Å². The molecule has 0 heterocycles. The SMILES string of the molecule is CC1=C(C#Cc2ccccc2)[CH]CC=C1. The summed E-state index contributed by atoms with van der Waals surface area (Å²) >= 11 is 0. The summed E-state index contributed by atoms with van der Waals surface area (Å²) in [6.45, 7) is 2.10. The second kappa shape index (κ2) is 4.66. The lowest BCUT2D eigenvalue weighted by atomic mass is 9.99. The summed E-state index contributed by atoms with van der Waals surface area (Å²) in [6, 6.07) is 10.1. The molecule has 0 aromatic heterocycles. The Hall–Kier alpha value is -1.74. The Kier molecular flexibility index (Phi) is 3.05. The first-order valence-electron chi connectivity index (χ1n) is 5.14. The molecular formula is C15H13. The van der Waals surface area contributed by atoms with Gasteiger partial charge in [-0.25, -0.2) is 0 Å². The molecule has 1 aromatic rings. The quantitative estimate of drug-likeness (QED) is 0.553. The van der Waals surface area contributed by atoms with Crippen molar-refractivity contribution in [2.75, 3.05) is 0 Å². The van der Waals surface area contributed by atoms with Crippen LogP contribution in [0, 0.1) is 18.3 Å². The van der Waals surface area contributed by atoms with Crippen LogP contribution < -0.4 is 0 Å². The third kappa shape index (κ3) is 2.60. The summed E-state index contributed by atoms with van der Waals surface area (Å²) in [5, 5.41) is 0. The van der Waals surface area contributed by atoms with Gasteiger partial charge < -0.3 is 0 Å². The van der Waals surface area contributed by atoms with E-state index >= 15 is 0 Å². The first-order chi connectivity index (χ1) is 7.36. The molecule has 0 nitrogen and oxygen atoms in total. The van der Waals surface area contributed by atoms with Crippen LogP contribution in [0.2, 0.25) is 0 Å². The minimum Gasteiger partial charge on any atom is -0.0836 e. The van der Waals surface area contributed by atoms with Crippen LogP contribution in [-0.4, -0.2) is 0 Å². The van der Waals surface area contributed by atoms with Crippen molar-refractivity contribution < 1.29 is 0 Å². The minimum absolute atomic E-state index is 0.996. The van der Waals surface area contributed by atoms with Gasteiger partial charge in [0.05, 0.1) is 0 Å². The zero-order chi connectivity index (χ0) is 10.5. The number of hydrogen-bond donors (Lipinski definition) is 0. The fourth-order valence-electron chi connectivity index (χ4n) is 1.49. The standard InChI is InChI=1S/C15H13/c1-13-7-5-6-10-15(13)12-11-14-8-3-2-4-9-14/h2-5,7-10H,6H2,1H3.